The molecular weight excluding hydrogens is 356 g/mol. The van der Waals surface area contributed by atoms with Crippen LogP contribution in [0.5, 0.6) is 11.5 Å². The van der Waals surface area contributed by atoms with Gasteiger partial charge in [-0.3, -0.25) is 0 Å². The van der Waals surface area contributed by atoms with Crippen molar-refractivity contribution in [3.63, 3.8) is 0 Å². The number of imidazole rings is 1. The zero-order chi connectivity index (χ0) is 18.6. The van der Waals surface area contributed by atoms with E-state index in [1.54, 1.807) is 18.9 Å². The highest BCUT2D eigenvalue weighted by Gasteiger charge is 2.12. The number of hydrogen-bond donors (Lipinski definition) is 1. The van der Waals surface area contributed by atoms with Crippen LogP contribution in [0.1, 0.15) is 5.56 Å². The maximum Gasteiger partial charge on any atom is 0.142 e. The normalized spacial score (nSPS) is 10.9. The van der Waals surface area contributed by atoms with Crippen LogP contribution in [0.25, 0.3) is 22.4 Å². The summed E-state index contributed by atoms with van der Waals surface area (Å²) in [5.41, 5.74) is 3.99. The second kappa shape index (κ2) is 7.76. The Hall–Kier alpha value is -2.92. The molecular formula is C22H20N2O2S. The smallest absolute Gasteiger partial charge is 0.142 e. The van der Waals surface area contributed by atoms with Crippen molar-refractivity contribution in [3.8, 4) is 22.9 Å². The number of benzene rings is 3. The summed E-state index contributed by atoms with van der Waals surface area (Å²) < 4.78 is 11.5. The van der Waals surface area contributed by atoms with Gasteiger partial charge in [-0.15, -0.1) is 11.8 Å². The first kappa shape index (κ1) is 17.5. The highest BCUT2D eigenvalue weighted by atomic mass is 32.2. The summed E-state index contributed by atoms with van der Waals surface area (Å²) in [4.78, 5) is 9.30. The Morgan fingerprint density at radius 3 is 2.63 bits per heavy atom. The third kappa shape index (κ3) is 3.78. The number of aromatic nitrogens is 2. The van der Waals surface area contributed by atoms with Crippen molar-refractivity contribution in [2.75, 3.05) is 13.4 Å². The van der Waals surface area contributed by atoms with Gasteiger partial charge < -0.3 is 14.5 Å². The molecule has 27 heavy (non-hydrogen) atoms. The first-order chi connectivity index (χ1) is 13.3. The van der Waals surface area contributed by atoms with Crippen LogP contribution in [-0.4, -0.2) is 23.3 Å². The van der Waals surface area contributed by atoms with Crippen LogP contribution < -0.4 is 9.47 Å². The van der Waals surface area contributed by atoms with Crippen molar-refractivity contribution < 1.29 is 9.47 Å². The summed E-state index contributed by atoms with van der Waals surface area (Å²) in [5.74, 6) is 2.28. The van der Waals surface area contributed by atoms with E-state index in [0.717, 1.165) is 39.5 Å². The second-order valence-electron chi connectivity index (χ2n) is 6.10. The SMILES string of the molecule is COc1cc(OCc2ccccc2)ccc1-c1nc2cc(SC)ccc2[nH]1. The number of ether oxygens (including phenoxy) is 2. The number of fused-ring (bicyclic) bond motifs is 1. The van der Waals surface area contributed by atoms with E-state index in [1.165, 1.54) is 4.90 Å². The fourth-order valence-corrected chi connectivity index (χ4v) is 3.37. The number of hydrogen-bond acceptors (Lipinski definition) is 4. The van der Waals surface area contributed by atoms with Crippen molar-refractivity contribution >= 4 is 22.8 Å². The number of rotatable bonds is 6. The number of aromatic amines is 1. The zero-order valence-corrected chi connectivity index (χ0v) is 16.0. The van der Waals surface area contributed by atoms with E-state index in [9.17, 15) is 0 Å². The lowest BCUT2D eigenvalue weighted by molar-refractivity contribution is 0.304. The Bertz CT molecular complexity index is 1060. The van der Waals surface area contributed by atoms with Gasteiger partial charge in [0.15, 0.2) is 0 Å². The number of thioether (sulfide) groups is 1. The molecule has 3 aromatic carbocycles. The van der Waals surface area contributed by atoms with Crippen molar-refractivity contribution in [1.82, 2.24) is 9.97 Å². The first-order valence-electron chi connectivity index (χ1n) is 8.66. The van der Waals surface area contributed by atoms with Crippen LogP contribution in [-0.2, 0) is 6.61 Å². The third-order valence-electron chi connectivity index (χ3n) is 4.37. The van der Waals surface area contributed by atoms with Gasteiger partial charge in [-0.1, -0.05) is 30.3 Å². The summed E-state index contributed by atoms with van der Waals surface area (Å²) >= 11 is 1.71. The molecule has 0 radical (unpaired) electrons. The molecule has 1 N–H and O–H groups in total. The molecule has 0 amide bonds. The average Bonchev–Trinajstić information content (AvgIpc) is 3.15. The van der Waals surface area contributed by atoms with Crippen LogP contribution in [0.15, 0.2) is 71.6 Å². The second-order valence-corrected chi connectivity index (χ2v) is 6.98. The van der Waals surface area contributed by atoms with Crippen LogP contribution in [0.2, 0.25) is 0 Å². The van der Waals surface area contributed by atoms with Gasteiger partial charge in [-0.05, 0) is 42.2 Å². The van der Waals surface area contributed by atoms with E-state index in [1.807, 2.05) is 48.5 Å². The number of nitrogens with zero attached hydrogens (tertiary/aromatic N) is 1. The predicted octanol–water partition coefficient (Wildman–Crippen LogP) is 5.54. The topological polar surface area (TPSA) is 47.1 Å². The van der Waals surface area contributed by atoms with E-state index in [-0.39, 0.29) is 0 Å². The fraction of sp³-hybridized carbons (Fsp3) is 0.136. The fourth-order valence-electron chi connectivity index (χ4n) is 2.94. The van der Waals surface area contributed by atoms with Gasteiger partial charge in [-0.25, -0.2) is 4.98 Å². The third-order valence-corrected chi connectivity index (χ3v) is 5.09. The molecule has 4 nitrogen and oxygen atoms in total. The molecule has 0 aliphatic rings. The van der Waals surface area contributed by atoms with Crippen molar-refractivity contribution in [1.29, 1.82) is 0 Å². The molecule has 0 saturated heterocycles. The van der Waals surface area contributed by atoms with Gasteiger partial charge in [0.1, 0.15) is 23.9 Å². The molecule has 0 spiro atoms. The summed E-state index contributed by atoms with van der Waals surface area (Å²) in [6.07, 6.45) is 2.06. The van der Waals surface area contributed by atoms with Gasteiger partial charge in [-0.2, -0.15) is 0 Å². The van der Waals surface area contributed by atoms with E-state index < -0.39 is 0 Å². The van der Waals surface area contributed by atoms with Crippen LogP contribution in [0.4, 0.5) is 0 Å². The van der Waals surface area contributed by atoms with Gasteiger partial charge in [0.2, 0.25) is 0 Å². The summed E-state index contributed by atoms with van der Waals surface area (Å²) in [6.45, 7) is 0.519. The lowest BCUT2D eigenvalue weighted by Crippen LogP contribution is -1.96. The number of H-pyrrole nitrogens is 1. The van der Waals surface area contributed by atoms with Crippen LogP contribution in [0.3, 0.4) is 0 Å². The molecule has 0 aliphatic carbocycles. The predicted molar refractivity (Wildman–Crippen MR) is 111 cm³/mol. The molecule has 4 aromatic rings. The van der Waals surface area contributed by atoms with E-state index in [4.69, 9.17) is 14.5 Å². The molecule has 136 valence electrons. The van der Waals surface area contributed by atoms with Crippen molar-refractivity contribution in [2.45, 2.75) is 11.5 Å². The number of methoxy groups -OCH3 is 1. The minimum atomic E-state index is 0.519. The highest BCUT2D eigenvalue weighted by molar-refractivity contribution is 7.98. The van der Waals surface area contributed by atoms with Gasteiger partial charge >= 0.3 is 0 Å². The summed E-state index contributed by atoms with van der Waals surface area (Å²) in [5, 5.41) is 0. The zero-order valence-electron chi connectivity index (χ0n) is 15.2. The lowest BCUT2D eigenvalue weighted by atomic mass is 10.2. The molecule has 1 heterocycles. The minimum absolute atomic E-state index is 0.519. The van der Waals surface area contributed by atoms with Crippen molar-refractivity contribution in [3.05, 3.63) is 72.3 Å². The van der Waals surface area contributed by atoms with E-state index in [2.05, 4.69) is 29.4 Å². The molecule has 0 aliphatic heterocycles. The largest absolute Gasteiger partial charge is 0.496 e. The van der Waals surface area contributed by atoms with E-state index >= 15 is 0 Å². The minimum Gasteiger partial charge on any atom is -0.496 e. The molecule has 0 fully saturated rings. The Balaban J connectivity index is 1.61. The maximum atomic E-state index is 5.90. The molecule has 1 aromatic heterocycles. The Kier molecular flexibility index (Phi) is 5.03. The number of nitrogens with one attached hydrogen (secondary N) is 1. The molecule has 0 atom stereocenters. The molecule has 0 unspecified atom stereocenters. The quantitative estimate of drug-likeness (QED) is 0.449. The Labute approximate surface area is 162 Å². The summed E-state index contributed by atoms with van der Waals surface area (Å²) in [6, 6.07) is 22.2. The summed E-state index contributed by atoms with van der Waals surface area (Å²) in [7, 11) is 1.66. The molecule has 4 rings (SSSR count). The molecule has 5 heteroatoms. The van der Waals surface area contributed by atoms with Gasteiger partial charge in [0.05, 0.1) is 23.7 Å². The van der Waals surface area contributed by atoms with E-state index in [0.29, 0.717) is 6.61 Å². The Morgan fingerprint density at radius 1 is 1.00 bits per heavy atom. The average molecular weight is 376 g/mol. The Morgan fingerprint density at radius 2 is 1.85 bits per heavy atom. The standard InChI is InChI=1S/C22H20N2O2S/c1-25-21-12-16(26-14-15-6-4-3-5-7-15)8-10-18(21)22-23-19-11-9-17(27-2)13-20(19)24-22/h3-13H,14H2,1-2H3,(H,23,24). The highest BCUT2D eigenvalue weighted by Crippen LogP contribution is 2.33. The van der Waals surface area contributed by atoms with Crippen LogP contribution >= 0.6 is 11.8 Å². The van der Waals surface area contributed by atoms with Crippen molar-refractivity contribution in [2.24, 2.45) is 0 Å². The van der Waals surface area contributed by atoms with Gasteiger partial charge in [0.25, 0.3) is 0 Å². The monoisotopic (exact) mass is 376 g/mol. The van der Waals surface area contributed by atoms with Gasteiger partial charge in [0, 0.05) is 11.0 Å². The lowest BCUT2D eigenvalue weighted by Gasteiger charge is -2.10. The molecule has 0 saturated carbocycles. The molecule has 0 bridgehead atoms. The first-order valence-corrected chi connectivity index (χ1v) is 9.88. The maximum absolute atomic E-state index is 5.90. The van der Waals surface area contributed by atoms with Crippen LogP contribution in [0, 0.1) is 0 Å².